The van der Waals surface area contributed by atoms with Crippen LogP contribution in [0.4, 0.5) is 11.4 Å². The van der Waals surface area contributed by atoms with Crippen LogP contribution < -0.4 is 16.8 Å². The molecule has 1 aliphatic heterocycles. The van der Waals surface area contributed by atoms with Crippen LogP contribution in [0.2, 0.25) is 0 Å². The third-order valence-corrected chi connectivity index (χ3v) is 1.89. The van der Waals surface area contributed by atoms with Gasteiger partial charge in [0.05, 0.1) is 0 Å². The maximum atomic E-state index is 5.37. The van der Waals surface area contributed by atoms with Crippen LogP contribution in [0.25, 0.3) is 0 Å². The molecule has 1 heterocycles. The average molecular weight is 179 g/mol. The molecule has 13 heavy (non-hydrogen) atoms. The van der Waals surface area contributed by atoms with E-state index in [0.717, 1.165) is 11.4 Å². The lowest BCUT2D eigenvalue weighted by Gasteiger charge is -1.90. The predicted molar refractivity (Wildman–Crippen MR) is 57.4 cm³/mol. The summed E-state index contributed by atoms with van der Waals surface area (Å²) in [5, 5.41) is 3.22. The summed E-state index contributed by atoms with van der Waals surface area (Å²) in [5.74, 6) is 0. The van der Waals surface area contributed by atoms with Crippen LogP contribution in [0.5, 0.6) is 0 Å². The Labute approximate surface area is 79.1 Å². The predicted octanol–water partition coefficient (Wildman–Crippen LogP) is 1.22. The fourth-order valence-corrected chi connectivity index (χ4v) is 1.12. The first-order chi connectivity index (χ1) is 6.29. The molecule has 2 rings (SSSR count). The van der Waals surface area contributed by atoms with E-state index in [1.54, 1.807) is 24.3 Å². The van der Waals surface area contributed by atoms with Crippen molar-refractivity contribution in [2.75, 3.05) is 24.6 Å². The van der Waals surface area contributed by atoms with Crippen molar-refractivity contribution in [3.63, 3.8) is 0 Å². The quantitative estimate of drug-likeness (QED) is 0.525. The number of anilines is 2. The van der Waals surface area contributed by atoms with E-state index < -0.39 is 0 Å². The first-order valence-electron chi connectivity index (χ1n) is 4.61. The van der Waals surface area contributed by atoms with Crippen LogP contribution in [0.3, 0.4) is 0 Å². The van der Waals surface area contributed by atoms with Gasteiger partial charge in [-0.05, 0) is 50.2 Å². The van der Waals surface area contributed by atoms with Crippen LogP contribution in [-0.2, 0) is 0 Å². The molecule has 0 radical (unpaired) electrons. The van der Waals surface area contributed by atoms with Crippen molar-refractivity contribution in [2.24, 2.45) is 0 Å². The summed E-state index contributed by atoms with van der Waals surface area (Å²) in [4.78, 5) is 0. The minimum absolute atomic E-state index is 0.749. The fourth-order valence-electron chi connectivity index (χ4n) is 1.12. The monoisotopic (exact) mass is 179 g/mol. The topological polar surface area (TPSA) is 64.1 Å². The number of nitrogens with one attached hydrogen (secondary N) is 1. The van der Waals surface area contributed by atoms with E-state index in [0.29, 0.717) is 0 Å². The van der Waals surface area contributed by atoms with Gasteiger partial charge in [-0.15, -0.1) is 0 Å². The highest BCUT2D eigenvalue weighted by molar-refractivity contribution is 5.47. The number of hydrogen-bond donors (Lipinski definition) is 3. The van der Waals surface area contributed by atoms with Crippen molar-refractivity contribution in [2.45, 2.75) is 12.8 Å². The maximum absolute atomic E-state index is 5.37. The lowest BCUT2D eigenvalue weighted by atomic mass is 10.3. The zero-order valence-corrected chi connectivity index (χ0v) is 7.79. The van der Waals surface area contributed by atoms with Gasteiger partial charge in [-0.2, -0.15) is 0 Å². The molecule has 72 valence electrons. The number of benzene rings is 1. The molecule has 3 nitrogen and oxygen atoms in total. The first-order valence-corrected chi connectivity index (χ1v) is 4.61. The van der Waals surface area contributed by atoms with Gasteiger partial charge >= 0.3 is 0 Å². The van der Waals surface area contributed by atoms with Crippen molar-refractivity contribution in [1.29, 1.82) is 0 Å². The van der Waals surface area contributed by atoms with E-state index in [-0.39, 0.29) is 0 Å². The molecule has 0 bridgehead atoms. The minimum atomic E-state index is 0.749. The molecule has 0 aliphatic carbocycles. The second-order valence-corrected chi connectivity index (χ2v) is 3.12. The van der Waals surface area contributed by atoms with Gasteiger partial charge in [0.1, 0.15) is 0 Å². The zero-order valence-electron chi connectivity index (χ0n) is 7.79. The van der Waals surface area contributed by atoms with E-state index in [1.807, 2.05) is 0 Å². The normalized spacial score (nSPS) is 14.8. The second-order valence-electron chi connectivity index (χ2n) is 3.12. The Morgan fingerprint density at radius 3 is 1.46 bits per heavy atom. The lowest BCUT2D eigenvalue weighted by Crippen LogP contribution is -2.03. The summed E-state index contributed by atoms with van der Waals surface area (Å²) in [6, 6.07) is 7.09. The Morgan fingerprint density at radius 1 is 0.846 bits per heavy atom. The number of rotatable bonds is 0. The molecule has 0 atom stereocenters. The van der Waals surface area contributed by atoms with Gasteiger partial charge in [-0.3, -0.25) is 0 Å². The molecule has 1 aromatic carbocycles. The summed E-state index contributed by atoms with van der Waals surface area (Å²) >= 11 is 0. The molecule has 1 saturated heterocycles. The SMILES string of the molecule is C1CCNC1.Nc1ccc(N)cc1. The van der Waals surface area contributed by atoms with Gasteiger partial charge in [0.2, 0.25) is 0 Å². The molecule has 0 amide bonds. The summed E-state index contributed by atoms with van der Waals surface area (Å²) in [6.07, 6.45) is 2.78. The van der Waals surface area contributed by atoms with Crippen molar-refractivity contribution in [1.82, 2.24) is 5.32 Å². The van der Waals surface area contributed by atoms with Crippen LogP contribution in [-0.4, -0.2) is 13.1 Å². The van der Waals surface area contributed by atoms with Gasteiger partial charge in [-0.1, -0.05) is 0 Å². The lowest BCUT2D eigenvalue weighted by molar-refractivity contribution is 0.857. The highest BCUT2D eigenvalue weighted by Crippen LogP contribution is 2.04. The molecule has 1 fully saturated rings. The van der Waals surface area contributed by atoms with E-state index in [1.165, 1.54) is 25.9 Å². The molecule has 0 spiro atoms. The van der Waals surface area contributed by atoms with Gasteiger partial charge in [0.15, 0.2) is 0 Å². The standard InChI is InChI=1S/C6H8N2.C4H9N/c7-5-1-2-6(8)4-3-5;1-2-4-5-3-1/h1-4H,7-8H2;5H,1-4H2. The Bertz CT molecular complexity index is 198. The van der Waals surface area contributed by atoms with Gasteiger partial charge in [0, 0.05) is 11.4 Å². The van der Waals surface area contributed by atoms with Crippen LogP contribution in [0, 0.1) is 0 Å². The highest BCUT2D eigenvalue weighted by atomic mass is 14.9. The fraction of sp³-hybridized carbons (Fsp3) is 0.400. The number of nitrogen functional groups attached to an aromatic ring is 2. The molecule has 3 heteroatoms. The Morgan fingerprint density at radius 2 is 1.23 bits per heavy atom. The Kier molecular flexibility index (Phi) is 4.12. The van der Waals surface area contributed by atoms with E-state index in [2.05, 4.69) is 5.32 Å². The van der Waals surface area contributed by atoms with Gasteiger partial charge < -0.3 is 16.8 Å². The summed E-state index contributed by atoms with van der Waals surface area (Å²) < 4.78 is 0. The maximum Gasteiger partial charge on any atom is 0.0315 e. The number of nitrogens with two attached hydrogens (primary N) is 2. The second kappa shape index (κ2) is 5.43. The molecule has 0 unspecified atom stereocenters. The van der Waals surface area contributed by atoms with E-state index >= 15 is 0 Å². The Hall–Kier alpha value is -1.22. The molecule has 0 aromatic heterocycles. The molecule has 0 saturated carbocycles. The van der Waals surface area contributed by atoms with Crippen molar-refractivity contribution < 1.29 is 0 Å². The summed E-state index contributed by atoms with van der Waals surface area (Å²) in [5.41, 5.74) is 12.2. The first kappa shape index (κ1) is 9.86. The van der Waals surface area contributed by atoms with Crippen molar-refractivity contribution in [3.05, 3.63) is 24.3 Å². The Balaban J connectivity index is 0.000000145. The van der Waals surface area contributed by atoms with Gasteiger partial charge in [0.25, 0.3) is 0 Å². The van der Waals surface area contributed by atoms with E-state index in [9.17, 15) is 0 Å². The van der Waals surface area contributed by atoms with Crippen LogP contribution in [0.1, 0.15) is 12.8 Å². The third kappa shape index (κ3) is 4.38. The summed E-state index contributed by atoms with van der Waals surface area (Å²) in [7, 11) is 0. The van der Waals surface area contributed by atoms with Crippen LogP contribution in [0.15, 0.2) is 24.3 Å². The third-order valence-electron chi connectivity index (χ3n) is 1.89. The molecular weight excluding hydrogens is 162 g/mol. The molecular formula is C10H17N3. The van der Waals surface area contributed by atoms with Crippen LogP contribution >= 0.6 is 0 Å². The number of hydrogen-bond acceptors (Lipinski definition) is 3. The van der Waals surface area contributed by atoms with Crippen molar-refractivity contribution >= 4 is 11.4 Å². The van der Waals surface area contributed by atoms with Gasteiger partial charge in [-0.25, -0.2) is 0 Å². The minimum Gasteiger partial charge on any atom is -0.399 e. The van der Waals surface area contributed by atoms with E-state index in [4.69, 9.17) is 11.5 Å². The zero-order chi connectivity index (χ0) is 9.52. The molecule has 5 N–H and O–H groups in total. The average Bonchev–Trinajstić information content (AvgIpc) is 2.68. The largest absolute Gasteiger partial charge is 0.399 e. The smallest absolute Gasteiger partial charge is 0.0315 e. The summed E-state index contributed by atoms with van der Waals surface area (Å²) in [6.45, 7) is 2.50. The molecule has 1 aromatic rings. The van der Waals surface area contributed by atoms with Crippen molar-refractivity contribution in [3.8, 4) is 0 Å². The highest BCUT2D eigenvalue weighted by Gasteiger charge is 1.93. The molecule has 1 aliphatic rings.